The summed E-state index contributed by atoms with van der Waals surface area (Å²) in [6.45, 7) is 4.39. The summed E-state index contributed by atoms with van der Waals surface area (Å²) >= 11 is 0. The minimum Gasteiger partial charge on any atom is -0.481 e. The van der Waals surface area contributed by atoms with Crippen LogP contribution in [0.3, 0.4) is 0 Å². The van der Waals surface area contributed by atoms with Crippen molar-refractivity contribution in [1.82, 2.24) is 0 Å². The molecule has 1 rings (SSSR count). The normalized spacial score (nSPS) is 12.9. The van der Waals surface area contributed by atoms with Gasteiger partial charge in [0.2, 0.25) is 0 Å². The Bertz CT molecular complexity index is 552. The first-order valence-electron chi connectivity index (χ1n) is 7.13. The van der Waals surface area contributed by atoms with E-state index >= 15 is 0 Å². The third-order valence-electron chi connectivity index (χ3n) is 3.41. The van der Waals surface area contributed by atoms with Crippen LogP contribution in [0.2, 0.25) is 0 Å². The standard InChI is InChI=1S/C15H23NO4S/c1-3-21(19,20)14-7-5-13(6-8-14)16-11-10-12(2)4-9-15(17)18/h5-8,12,16H,3-4,9-11H2,1-2H3,(H,17,18). The van der Waals surface area contributed by atoms with E-state index in [-0.39, 0.29) is 12.2 Å². The molecule has 0 spiro atoms. The summed E-state index contributed by atoms with van der Waals surface area (Å²) in [6.07, 6.45) is 1.75. The van der Waals surface area contributed by atoms with Gasteiger partial charge < -0.3 is 10.4 Å². The molecule has 0 fully saturated rings. The highest BCUT2D eigenvalue weighted by atomic mass is 32.2. The molecule has 5 nitrogen and oxygen atoms in total. The summed E-state index contributed by atoms with van der Waals surface area (Å²) in [7, 11) is -3.15. The van der Waals surface area contributed by atoms with Gasteiger partial charge in [0.05, 0.1) is 10.6 Å². The van der Waals surface area contributed by atoms with Gasteiger partial charge in [-0.2, -0.15) is 0 Å². The maximum Gasteiger partial charge on any atom is 0.303 e. The SMILES string of the molecule is CCS(=O)(=O)c1ccc(NCCC(C)CCC(=O)O)cc1. The maximum atomic E-state index is 11.7. The van der Waals surface area contributed by atoms with Gasteiger partial charge in [0.1, 0.15) is 0 Å². The fourth-order valence-electron chi connectivity index (χ4n) is 1.92. The summed E-state index contributed by atoms with van der Waals surface area (Å²) in [6, 6.07) is 6.72. The van der Waals surface area contributed by atoms with Crippen LogP contribution in [0.5, 0.6) is 0 Å². The Morgan fingerprint density at radius 3 is 2.38 bits per heavy atom. The zero-order valence-electron chi connectivity index (χ0n) is 12.5. The molecule has 0 saturated heterocycles. The fourth-order valence-corrected chi connectivity index (χ4v) is 2.81. The van der Waals surface area contributed by atoms with Crippen LogP contribution >= 0.6 is 0 Å². The number of hydrogen-bond acceptors (Lipinski definition) is 4. The van der Waals surface area contributed by atoms with Gasteiger partial charge in [-0.15, -0.1) is 0 Å². The fraction of sp³-hybridized carbons (Fsp3) is 0.533. The summed E-state index contributed by atoms with van der Waals surface area (Å²) in [5.41, 5.74) is 0.871. The molecular formula is C15H23NO4S. The zero-order valence-corrected chi connectivity index (χ0v) is 13.3. The number of carboxylic acid groups (broad SMARTS) is 1. The Labute approximate surface area is 126 Å². The largest absolute Gasteiger partial charge is 0.481 e. The summed E-state index contributed by atoms with van der Waals surface area (Å²) in [5, 5.41) is 11.8. The lowest BCUT2D eigenvalue weighted by molar-refractivity contribution is -0.137. The van der Waals surface area contributed by atoms with Crippen molar-refractivity contribution >= 4 is 21.5 Å². The molecule has 0 heterocycles. The number of carbonyl (C=O) groups is 1. The van der Waals surface area contributed by atoms with Crippen molar-refractivity contribution < 1.29 is 18.3 Å². The van der Waals surface area contributed by atoms with E-state index < -0.39 is 15.8 Å². The van der Waals surface area contributed by atoms with Gasteiger partial charge in [-0.3, -0.25) is 4.79 Å². The van der Waals surface area contributed by atoms with Crippen molar-refractivity contribution in [3.8, 4) is 0 Å². The van der Waals surface area contributed by atoms with Crippen molar-refractivity contribution in [3.63, 3.8) is 0 Å². The quantitative estimate of drug-likeness (QED) is 0.732. The number of benzene rings is 1. The number of anilines is 1. The van der Waals surface area contributed by atoms with E-state index in [2.05, 4.69) is 5.32 Å². The van der Waals surface area contributed by atoms with Crippen LogP contribution in [-0.2, 0) is 14.6 Å². The Kier molecular flexibility index (Phi) is 6.68. The van der Waals surface area contributed by atoms with Crippen molar-refractivity contribution in [3.05, 3.63) is 24.3 Å². The molecule has 1 aromatic rings. The molecule has 0 bridgehead atoms. The van der Waals surface area contributed by atoms with Crippen molar-refractivity contribution in [2.75, 3.05) is 17.6 Å². The molecule has 0 aliphatic rings. The average molecular weight is 313 g/mol. The summed E-state index contributed by atoms with van der Waals surface area (Å²) in [5.74, 6) is -0.322. The average Bonchev–Trinajstić information content (AvgIpc) is 2.45. The molecule has 0 aliphatic carbocycles. The number of aliphatic carboxylic acids is 1. The van der Waals surface area contributed by atoms with Gasteiger partial charge in [0.15, 0.2) is 9.84 Å². The number of carboxylic acids is 1. The third kappa shape index (κ3) is 6.16. The van der Waals surface area contributed by atoms with Gasteiger partial charge in [0.25, 0.3) is 0 Å². The highest BCUT2D eigenvalue weighted by Gasteiger charge is 2.10. The number of sulfone groups is 1. The van der Waals surface area contributed by atoms with Gasteiger partial charge in [-0.1, -0.05) is 13.8 Å². The molecule has 6 heteroatoms. The van der Waals surface area contributed by atoms with Crippen molar-refractivity contribution in [1.29, 1.82) is 0 Å². The summed E-state index contributed by atoms with van der Waals surface area (Å²) in [4.78, 5) is 10.8. The molecule has 1 atom stereocenters. The predicted octanol–water partition coefficient (Wildman–Crippen LogP) is 2.78. The third-order valence-corrected chi connectivity index (χ3v) is 5.16. The first-order chi connectivity index (χ1) is 9.85. The molecule has 118 valence electrons. The van der Waals surface area contributed by atoms with E-state index in [0.29, 0.717) is 17.2 Å². The van der Waals surface area contributed by atoms with Gasteiger partial charge in [-0.05, 0) is 43.0 Å². The van der Waals surface area contributed by atoms with Gasteiger partial charge >= 0.3 is 5.97 Å². The number of nitrogens with one attached hydrogen (secondary N) is 1. The van der Waals surface area contributed by atoms with Gasteiger partial charge in [-0.25, -0.2) is 8.42 Å². The molecule has 0 aromatic heterocycles. The Hall–Kier alpha value is -1.56. The highest BCUT2D eigenvalue weighted by Crippen LogP contribution is 2.16. The van der Waals surface area contributed by atoms with E-state index in [4.69, 9.17) is 5.11 Å². The zero-order chi connectivity index (χ0) is 15.9. The molecule has 0 amide bonds. The van der Waals surface area contributed by atoms with E-state index in [1.54, 1.807) is 31.2 Å². The second-order valence-electron chi connectivity index (χ2n) is 5.18. The lowest BCUT2D eigenvalue weighted by Crippen LogP contribution is -2.09. The van der Waals surface area contributed by atoms with Crippen LogP contribution in [-0.4, -0.2) is 31.8 Å². The summed E-state index contributed by atoms with van der Waals surface area (Å²) < 4.78 is 23.3. The minimum absolute atomic E-state index is 0.0981. The van der Waals surface area contributed by atoms with Crippen LogP contribution in [0.25, 0.3) is 0 Å². The first-order valence-corrected chi connectivity index (χ1v) is 8.79. The molecule has 0 saturated carbocycles. The lowest BCUT2D eigenvalue weighted by atomic mass is 10.0. The van der Waals surface area contributed by atoms with E-state index in [1.165, 1.54) is 0 Å². The number of rotatable bonds is 9. The molecule has 1 unspecified atom stereocenters. The molecular weight excluding hydrogens is 290 g/mol. The van der Waals surface area contributed by atoms with Crippen LogP contribution in [0, 0.1) is 5.92 Å². The van der Waals surface area contributed by atoms with Crippen LogP contribution in [0.15, 0.2) is 29.2 Å². The highest BCUT2D eigenvalue weighted by molar-refractivity contribution is 7.91. The van der Waals surface area contributed by atoms with E-state index in [1.807, 2.05) is 6.92 Å². The smallest absolute Gasteiger partial charge is 0.303 e. The van der Waals surface area contributed by atoms with Crippen LogP contribution < -0.4 is 5.32 Å². The predicted molar refractivity (Wildman–Crippen MR) is 83.3 cm³/mol. The molecule has 0 radical (unpaired) electrons. The second kappa shape index (κ2) is 8.02. The van der Waals surface area contributed by atoms with Crippen molar-refractivity contribution in [2.24, 2.45) is 5.92 Å². The van der Waals surface area contributed by atoms with Crippen LogP contribution in [0.1, 0.15) is 33.1 Å². The molecule has 0 aliphatic heterocycles. The molecule has 21 heavy (non-hydrogen) atoms. The monoisotopic (exact) mass is 313 g/mol. The van der Waals surface area contributed by atoms with Crippen LogP contribution in [0.4, 0.5) is 5.69 Å². The topological polar surface area (TPSA) is 83.5 Å². The minimum atomic E-state index is -3.15. The lowest BCUT2D eigenvalue weighted by Gasteiger charge is -2.12. The first kappa shape index (κ1) is 17.5. The Morgan fingerprint density at radius 2 is 1.86 bits per heavy atom. The Balaban J connectivity index is 2.41. The molecule has 2 N–H and O–H groups in total. The maximum absolute atomic E-state index is 11.7. The van der Waals surface area contributed by atoms with E-state index in [9.17, 15) is 13.2 Å². The molecule has 1 aromatic carbocycles. The second-order valence-corrected chi connectivity index (χ2v) is 7.46. The van der Waals surface area contributed by atoms with Gasteiger partial charge in [0, 0.05) is 18.7 Å². The Morgan fingerprint density at radius 1 is 1.24 bits per heavy atom. The van der Waals surface area contributed by atoms with Crippen molar-refractivity contribution in [2.45, 2.75) is 38.0 Å². The number of hydrogen-bond donors (Lipinski definition) is 2. The van der Waals surface area contributed by atoms with E-state index in [0.717, 1.165) is 18.7 Å².